The first-order chi connectivity index (χ1) is 18.7. The molecule has 12 nitrogen and oxygen atoms in total. The number of esters is 4. The SMILES string of the molecule is Cc1cc(C)cc(NC(=O)c2ccc(C(=O)O[C@@H](C)C(=O)O[C@@H](C)C(=O)O[C@@H](C)C(=O)O[C@@H](C)C(=O)O)cc2)c1. The van der Waals surface area contributed by atoms with E-state index in [1.807, 2.05) is 32.0 Å². The van der Waals surface area contributed by atoms with Gasteiger partial charge in [-0.3, -0.25) is 4.79 Å². The van der Waals surface area contributed by atoms with Crippen molar-refractivity contribution >= 4 is 41.4 Å². The standard InChI is InChI=1S/C28H31NO11/c1-14-11-15(2)13-22(12-14)29-23(30)20-7-9-21(10-8-20)28(36)40-19(6)27(35)39-18(5)26(34)38-17(4)25(33)37-16(3)24(31)32/h7-13,16-19H,1-6H3,(H,29,30)(H,31,32)/t16-,17-,18-,19-/m0/s1. The second kappa shape index (κ2) is 13.9. The number of anilines is 1. The maximum absolute atomic E-state index is 12.5. The predicted octanol–water partition coefficient (Wildman–Crippen LogP) is 2.98. The van der Waals surface area contributed by atoms with Crippen molar-refractivity contribution < 1.29 is 52.8 Å². The molecule has 2 rings (SSSR count). The summed E-state index contributed by atoms with van der Waals surface area (Å²) in [5.74, 6) is -5.89. The van der Waals surface area contributed by atoms with Crippen LogP contribution < -0.4 is 5.32 Å². The highest BCUT2D eigenvalue weighted by Crippen LogP contribution is 2.16. The fraction of sp³-hybridized carbons (Fsp3) is 0.357. The Bertz CT molecular complexity index is 1270. The highest BCUT2D eigenvalue weighted by atomic mass is 16.6. The van der Waals surface area contributed by atoms with Crippen LogP contribution in [-0.4, -0.2) is 65.3 Å². The van der Waals surface area contributed by atoms with Gasteiger partial charge in [0.15, 0.2) is 24.4 Å². The molecular weight excluding hydrogens is 526 g/mol. The normalized spacial score (nSPS) is 13.6. The van der Waals surface area contributed by atoms with Crippen molar-refractivity contribution in [3.05, 3.63) is 64.7 Å². The number of rotatable bonds is 11. The third-order valence-electron chi connectivity index (χ3n) is 5.37. The number of carboxylic acid groups (broad SMARTS) is 1. The minimum atomic E-state index is -1.48. The van der Waals surface area contributed by atoms with E-state index in [4.69, 9.17) is 19.3 Å². The molecule has 0 saturated heterocycles. The monoisotopic (exact) mass is 557 g/mol. The van der Waals surface area contributed by atoms with Gasteiger partial charge in [0.1, 0.15) is 0 Å². The van der Waals surface area contributed by atoms with Crippen molar-refractivity contribution in [1.29, 1.82) is 0 Å². The van der Waals surface area contributed by atoms with Crippen LogP contribution in [0.1, 0.15) is 59.5 Å². The van der Waals surface area contributed by atoms with E-state index in [9.17, 15) is 28.8 Å². The molecule has 0 aliphatic rings. The van der Waals surface area contributed by atoms with Crippen LogP contribution in [0.25, 0.3) is 0 Å². The van der Waals surface area contributed by atoms with Crippen LogP contribution in [0.3, 0.4) is 0 Å². The molecule has 40 heavy (non-hydrogen) atoms. The Balaban J connectivity index is 1.88. The highest BCUT2D eigenvalue weighted by molar-refractivity contribution is 6.05. The van der Waals surface area contributed by atoms with Crippen LogP contribution in [0, 0.1) is 13.8 Å². The molecule has 12 heteroatoms. The molecular formula is C28H31NO11. The first-order valence-corrected chi connectivity index (χ1v) is 12.2. The maximum Gasteiger partial charge on any atom is 0.348 e. The summed E-state index contributed by atoms with van der Waals surface area (Å²) < 4.78 is 19.5. The number of hydrogen-bond acceptors (Lipinski definition) is 10. The molecule has 0 saturated carbocycles. The highest BCUT2D eigenvalue weighted by Gasteiger charge is 2.30. The van der Waals surface area contributed by atoms with E-state index >= 15 is 0 Å². The van der Waals surface area contributed by atoms with Crippen molar-refractivity contribution in [3.63, 3.8) is 0 Å². The summed E-state index contributed by atoms with van der Waals surface area (Å²) in [7, 11) is 0. The Morgan fingerprint density at radius 1 is 0.625 bits per heavy atom. The van der Waals surface area contributed by atoms with Gasteiger partial charge in [0.2, 0.25) is 0 Å². The number of nitrogens with one attached hydrogen (secondary N) is 1. The van der Waals surface area contributed by atoms with E-state index in [-0.39, 0.29) is 11.5 Å². The van der Waals surface area contributed by atoms with Gasteiger partial charge in [0.05, 0.1) is 5.56 Å². The zero-order valence-corrected chi connectivity index (χ0v) is 22.9. The summed E-state index contributed by atoms with van der Waals surface area (Å²) in [5, 5.41) is 11.6. The third-order valence-corrected chi connectivity index (χ3v) is 5.37. The van der Waals surface area contributed by atoms with Crippen molar-refractivity contribution in [1.82, 2.24) is 0 Å². The molecule has 0 radical (unpaired) electrons. The molecule has 0 aliphatic heterocycles. The number of carboxylic acids is 1. The molecule has 4 atom stereocenters. The lowest BCUT2D eigenvalue weighted by atomic mass is 10.1. The van der Waals surface area contributed by atoms with Gasteiger partial charge in [-0.2, -0.15) is 0 Å². The van der Waals surface area contributed by atoms with Gasteiger partial charge in [-0.25, -0.2) is 24.0 Å². The molecule has 214 valence electrons. The van der Waals surface area contributed by atoms with E-state index in [2.05, 4.69) is 10.1 Å². The average Bonchev–Trinajstić information content (AvgIpc) is 2.87. The van der Waals surface area contributed by atoms with Crippen molar-refractivity contribution in [2.75, 3.05) is 5.32 Å². The summed E-state index contributed by atoms with van der Waals surface area (Å²) in [6.07, 6.45) is -5.79. The average molecular weight is 558 g/mol. The van der Waals surface area contributed by atoms with Crippen LogP contribution in [0.2, 0.25) is 0 Å². The molecule has 0 unspecified atom stereocenters. The maximum atomic E-state index is 12.5. The number of hydrogen-bond donors (Lipinski definition) is 2. The molecule has 0 aromatic heterocycles. The molecule has 0 bridgehead atoms. The summed E-state index contributed by atoms with van der Waals surface area (Å²) in [6.45, 7) is 8.52. The Kier molecular flexibility index (Phi) is 10.9. The van der Waals surface area contributed by atoms with Crippen molar-refractivity contribution in [2.45, 2.75) is 66.0 Å². The number of aryl methyl sites for hydroxylation is 2. The number of aliphatic carboxylic acids is 1. The molecule has 1 amide bonds. The van der Waals surface area contributed by atoms with Gasteiger partial charge in [-0.05, 0) is 89.1 Å². The number of amides is 1. The fourth-order valence-corrected chi connectivity index (χ4v) is 3.24. The topological polar surface area (TPSA) is 172 Å². The number of carbonyl (C=O) groups excluding carboxylic acids is 5. The number of benzene rings is 2. The van der Waals surface area contributed by atoms with Gasteiger partial charge in [0.25, 0.3) is 5.91 Å². The van der Waals surface area contributed by atoms with Crippen molar-refractivity contribution in [3.8, 4) is 0 Å². The molecule has 0 spiro atoms. The van der Waals surface area contributed by atoms with E-state index < -0.39 is 54.3 Å². The Hall–Kier alpha value is -4.74. The van der Waals surface area contributed by atoms with Gasteiger partial charge in [-0.15, -0.1) is 0 Å². The molecule has 2 aromatic carbocycles. The smallest absolute Gasteiger partial charge is 0.348 e. The number of ether oxygens (including phenoxy) is 4. The van der Waals surface area contributed by atoms with E-state index in [0.29, 0.717) is 11.3 Å². The van der Waals surface area contributed by atoms with Crippen LogP contribution in [0.15, 0.2) is 42.5 Å². The minimum Gasteiger partial charge on any atom is -0.479 e. The minimum absolute atomic E-state index is 0.0676. The van der Waals surface area contributed by atoms with Gasteiger partial charge >= 0.3 is 29.8 Å². The zero-order valence-electron chi connectivity index (χ0n) is 22.9. The first-order valence-electron chi connectivity index (χ1n) is 12.2. The van der Waals surface area contributed by atoms with Crippen LogP contribution in [0.4, 0.5) is 5.69 Å². The lowest BCUT2D eigenvalue weighted by molar-refractivity contribution is -0.182. The quantitative estimate of drug-likeness (QED) is 0.307. The lowest BCUT2D eigenvalue weighted by Gasteiger charge is -2.19. The fourth-order valence-electron chi connectivity index (χ4n) is 3.24. The summed E-state index contributed by atoms with van der Waals surface area (Å²) >= 11 is 0. The van der Waals surface area contributed by atoms with Crippen LogP contribution in [-0.2, 0) is 38.1 Å². The first kappa shape index (κ1) is 31.5. The Morgan fingerprint density at radius 2 is 1.02 bits per heavy atom. The summed E-state index contributed by atoms with van der Waals surface area (Å²) in [6, 6.07) is 11.2. The molecule has 0 heterocycles. The largest absolute Gasteiger partial charge is 0.479 e. The Morgan fingerprint density at radius 3 is 1.48 bits per heavy atom. The number of carbonyl (C=O) groups is 6. The molecule has 2 aromatic rings. The summed E-state index contributed by atoms with van der Waals surface area (Å²) in [4.78, 5) is 72.1. The third kappa shape index (κ3) is 9.22. The molecule has 0 fully saturated rings. The second-order valence-corrected chi connectivity index (χ2v) is 9.03. The van der Waals surface area contributed by atoms with Crippen LogP contribution in [0.5, 0.6) is 0 Å². The lowest BCUT2D eigenvalue weighted by Crippen LogP contribution is -2.37. The van der Waals surface area contributed by atoms with E-state index in [1.165, 1.54) is 38.1 Å². The molecule has 2 N–H and O–H groups in total. The molecule has 0 aliphatic carbocycles. The van der Waals surface area contributed by atoms with Gasteiger partial charge in [0, 0.05) is 11.3 Å². The Labute approximate surface area is 230 Å². The van der Waals surface area contributed by atoms with Gasteiger partial charge in [-0.1, -0.05) is 6.07 Å². The van der Waals surface area contributed by atoms with Crippen molar-refractivity contribution in [2.24, 2.45) is 0 Å². The van der Waals surface area contributed by atoms with Crippen LogP contribution >= 0.6 is 0 Å². The summed E-state index contributed by atoms with van der Waals surface area (Å²) in [5.41, 5.74) is 2.99. The zero-order chi connectivity index (χ0) is 30.1. The van der Waals surface area contributed by atoms with E-state index in [0.717, 1.165) is 25.0 Å². The predicted molar refractivity (Wildman–Crippen MR) is 139 cm³/mol. The van der Waals surface area contributed by atoms with E-state index in [1.54, 1.807) is 0 Å². The second-order valence-electron chi connectivity index (χ2n) is 9.03. The van der Waals surface area contributed by atoms with Gasteiger partial charge < -0.3 is 29.4 Å².